The third kappa shape index (κ3) is 4.42. The van der Waals surface area contributed by atoms with E-state index in [9.17, 15) is 9.18 Å². The monoisotopic (exact) mass is 365 g/mol. The highest BCUT2D eigenvalue weighted by Gasteiger charge is 2.24. The summed E-state index contributed by atoms with van der Waals surface area (Å²) in [5.41, 5.74) is 2.70. The number of guanidine groups is 1. The zero-order valence-corrected chi connectivity index (χ0v) is 14.9. The molecule has 2 aromatic rings. The molecule has 138 valence electrons. The number of hydrogen-bond donors (Lipinski definition) is 3. The molecule has 1 aliphatic heterocycles. The van der Waals surface area contributed by atoms with Gasteiger partial charge < -0.3 is 16.0 Å². The Balaban J connectivity index is 1.62. The highest BCUT2D eigenvalue weighted by molar-refractivity contribution is 5.94. The van der Waals surface area contributed by atoms with Gasteiger partial charge in [-0.15, -0.1) is 0 Å². The topological polar surface area (TPSA) is 89.3 Å². The standard InChI is InChI=1S/C20H20FN5O/c1-23-20(25-12-15-8-13(10-22)6-7-17(15)21)24-11-14-9-19(27)26-18-5-3-2-4-16(14)18/h2-8,14H,9,11-12H2,1H3,(H,26,27)(H2,23,24,25). The van der Waals surface area contributed by atoms with Crippen molar-refractivity contribution in [1.29, 1.82) is 5.26 Å². The molecule has 0 saturated heterocycles. The van der Waals surface area contributed by atoms with Crippen molar-refractivity contribution >= 4 is 17.6 Å². The maximum Gasteiger partial charge on any atom is 0.225 e. The summed E-state index contributed by atoms with van der Waals surface area (Å²) in [4.78, 5) is 16.0. The molecule has 0 bridgehead atoms. The summed E-state index contributed by atoms with van der Waals surface area (Å²) in [5, 5.41) is 18.1. The van der Waals surface area contributed by atoms with Crippen molar-refractivity contribution < 1.29 is 9.18 Å². The summed E-state index contributed by atoms with van der Waals surface area (Å²) in [6.07, 6.45) is 0.389. The van der Waals surface area contributed by atoms with E-state index in [1.165, 1.54) is 18.2 Å². The van der Waals surface area contributed by atoms with E-state index in [0.717, 1.165) is 11.3 Å². The van der Waals surface area contributed by atoms with Gasteiger partial charge in [-0.2, -0.15) is 5.26 Å². The molecular formula is C20H20FN5O. The van der Waals surface area contributed by atoms with E-state index >= 15 is 0 Å². The maximum absolute atomic E-state index is 13.9. The zero-order valence-electron chi connectivity index (χ0n) is 14.9. The minimum absolute atomic E-state index is 0.0150. The molecule has 0 spiro atoms. The fourth-order valence-corrected chi connectivity index (χ4v) is 3.08. The van der Waals surface area contributed by atoms with Crippen LogP contribution in [-0.4, -0.2) is 25.5 Å². The third-order valence-corrected chi connectivity index (χ3v) is 4.47. The summed E-state index contributed by atoms with van der Waals surface area (Å²) >= 11 is 0. The number of benzene rings is 2. The van der Waals surface area contributed by atoms with Gasteiger partial charge >= 0.3 is 0 Å². The summed E-state index contributed by atoms with van der Waals surface area (Å²) in [5.74, 6) is 0.126. The van der Waals surface area contributed by atoms with Crippen LogP contribution in [0.25, 0.3) is 0 Å². The average Bonchev–Trinajstić information content (AvgIpc) is 2.69. The quantitative estimate of drug-likeness (QED) is 0.574. The molecule has 0 saturated carbocycles. The SMILES string of the molecule is CN=C(NCc1cc(C#N)ccc1F)NCC1CC(=O)Nc2ccccc21. The Kier molecular flexibility index (Phi) is 5.67. The summed E-state index contributed by atoms with van der Waals surface area (Å²) in [6.45, 7) is 0.716. The minimum Gasteiger partial charge on any atom is -0.356 e. The molecule has 3 N–H and O–H groups in total. The van der Waals surface area contributed by atoms with Crippen molar-refractivity contribution in [3.8, 4) is 6.07 Å². The van der Waals surface area contributed by atoms with Gasteiger partial charge in [0.1, 0.15) is 5.82 Å². The number of nitrogens with zero attached hydrogens (tertiary/aromatic N) is 2. The summed E-state index contributed by atoms with van der Waals surface area (Å²) in [7, 11) is 1.62. The van der Waals surface area contributed by atoms with Crippen molar-refractivity contribution in [2.24, 2.45) is 4.99 Å². The maximum atomic E-state index is 13.9. The lowest BCUT2D eigenvalue weighted by atomic mass is 9.90. The lowest BCUT2D eigenvalue weighted by Gasteiger charge is -2.26. The Bertz CT molecular complexity index is 919. The van der Waals surface area contributed by atoms with Crippen LogP contribution in [0.15, 0.2) is 47.5 Å². The first-order valence-electron chi connectivity index (χ1n) is 8.62. The van der Waals surface area contributed by atoms with Gasteiger partial charge in [-0.3, -0.25) is 9.79 Å². The van der Waals surface area contributed by atoms with Crippen molar-refractivity contribution in [2.75, 3.05) is 18.9 Å². The number of rotatable bonds is 4. The highest BCUT2D eigenvalue weighted by atomic mass is 19.1. The van der Waals surface area contributed by atoms with E-state index in [1.54, 1.807) is 7.05 Å². The second-order valence-corrected chi connectivity index (χ2v) is 6.26. The number of nitriles is 1. The predicted molar refractivity (Wildman–Crippen MR) is 102 cm³/mol. The van der Waals surface area contributed by atoms with Crippen LogP contribution in [0.1, 0.15) is 29.0 Å². The number of para-hydroxylation sites is 1. The number of anilines is 1. The van der Waals surface area contributed by atoms with Gasteiger partial charge in [0.2, 0.25) is 5.91 Å². The Hall–Kier alpha value is -3.40. The molecule has 1 unspecified atom stereocenters. The first-order chi connectivity index (χ1) is 13.1. The molecule has 3 rings (SSSR count). The first kappa shape index (κ1) is 18.4. The number of hydrogen-bond acceptors (Lipinski definition) is 3. The molecule has 6 nitrogen and oxygen atoms in total. The van der Waals surface area contributed by atoms with Gasteiger partial charge in [0.15, 0.2) is 5.96 Å². The second-order valence-electron chi connectivity index (χ2n) is 6.26. The molecule has 0 aromatic heterocycles. The van der Waals surface area contributed by atoms with E-state index in [0.29, 0.717) is 30.1 Å². The van der Waals surface area contributed by atoms with Crippen molar-refractivity contribution in [1.82, 2.24) is 10.6 Å². The molecule has 0 fully saturated rings. The lowest BCUT2D eigenvalue weighted by molar-refractivity contribution is -0.116. The minimum atomic E-state index is -0.380. The molecular weight excluding hydrogens is 345 g/mol. The number of halogens is 1. The van der Waals surface area contributed by atoms with E-state index < -0.39 is 0 Å². The molecule has 0 aliphatic carbocycles. The molecule has 1 atom stereocenters. The van der Waals surface area contributed by atoms with Crippen LogP contribution < -0.4 is 16.0 Å². The number of fused-ring (bicyclic) bond motifs is 1. The predicted octanol–water partition coefficient (Wildman–Crippen LogP) is 2.49. The van der Waals surface area contributed by atoms with Crippen molar-refractivity contribution in [3.63, 3.8) is 0 Å². The van der Waals surface area contributed by atoms with E-state index in [4.69, 9.17) is 5.26 Å². The fourth-order valence-electron chi connectivity index (χ4n) is 3.08. The van der Waals surface area contributed by atoms with E-state index in [1.807, 2.05) is 30.3 Å². The molecule has 2 aromatic carbocycles. The van der Waals surface area contributed by atoms with Crippen LogP contribution in [0.3, 0.4) is 0 Å². The Morgan fingerprint density at radius 3 is 2.93 bits per heavy atom. The lowest BCUT2D eigenvalue weighted by Crippen LogP contribution is -2.40. The van der Waals surface area contributed by atoms with E-state index in [-0.39, 0.29) is 24.2 Å². The third-order valence-electron chi connectivity index (χ3n) is 4.47. The molecule has 0 radical (unpaired) electrons. The Morgan fingerprint density at radius 2 is 2.15 bits per heavy atom. The first-order valence-corrected chi connectivity index (χ1v) is 8.62. The van der Waals surface area contributed by atoms with Crippen LogP contribution in [-0.2, 0) is 11.3 Å². The van der Waals surface area contributed by atoms with Gasteiger partial charge in [0.25, 0.3) is 0 Å². The number of amides is 1. The zero-order chi connectivity index (χ0) is 19.2. The summed E-state index contributed by atoms with van der Waals surface area (Å²) < 4.78 is 13.9. The van der Waals surface area contributed by atoms with Crippen LogP contribution in [0.4, 0.5) is 10.1 Å². The molecule has 1 aliphatic rings. The van der Waals surface area contributed by atoms with E-state index in [2.05, 4.69) is 20.9 Å². The van der Waals surface area contributed by atoms with Gasteiger partial charge in [0.05, 0.1) is 11.6 Å². The van der Waals surface area contributed by atoms with Crippen LogP contribution >= 0.6 is 0 Å². The average molecular weight is 365 g/mol. The summed E-state index contributed by atoms with van der Waals surface area (Å²) in [6, 6.07) is 14.0. The van der Waals surface area contributed by atoms with Gasteiger partial charge in [0, 0.05) is 43.7 Å². The molecule has 7 heteroatoms. The smallest absolute Gasteiger partial charge is 0.225 e. The number of carbonyl (C=O) groups is 1. The normalized spacial score (nSPS) is 16.1. The fraction of sp³-hybridized carbons (Fsp3) is 0.250. The molecule has 1 heterocycles. The Morgan fingerprint density at radius 1 is 1.33 bits per heavy atom. The van der Waals surface area contributed by atoms with Gasteiger partial charge in [-0.1, -0.05) is 18.2 Å². The van der Waals surface area contributed by atoms with Gasteiger partial charge in [-0.25, -0.2) is 4.39 Å². The molecule has 1 amide bonds. The van der Waals surface area contributed by atoms with Crippen molar-refractivity contribution in [2.45, 2.75) is 18.9 Å². The highest BCUT2D eigenvalue weighted by Crippen LogP contribution is 2.31. The van der Waals surface area contributed by atoms with Crippen molar-refractivity contribution in [3.05, 3.63) is 65.0 Å². The Labute approximate surface area is 157 Å². The number of aliphatic imine (C=N–C) groups is 1. The second kappa shape index (κ2) is 8.32. The molecule has 27 heavy (non-hydrogen) atoms. The van der Waals surface area contributed by atoms with Crippen LogP contribution in [0.5, 0.6) is 0 Å². The van der Waals surface area contributed by atoms with Crippen LogP contribution in [0.2, 0.25) is 0 Å². The largest absolute Gasteiger partial charge is 0.356 e. The van der Waals surface area contributed by atoms with Gasteiger partial charge in [-0.05, 0) is 29.8 Å². The number of carbonyl (C=O) groups excluding carboxylic acids is 1. The van der Waals surface area contributed by atoms with Crippen LogP contribution in [0, 0.1) is 17.1 Å². The number of nitrogens with one attached hydrogen (secondary N) is 3.